The zero-order chi connectivity index (χ0) is 15.1. The fourth-order valence-corrected chi connectivity index (χ4v) is 2.56. The highest BCUT2D eigenvalue weighted by atomic mass is 16.5. The number of unbranched alkanes of at least 4 members (excludes halogenated alkanes) is 1. The number of hydrogen-bond donors (Lipinski definition) is 0. The van der Waals surface area contributed by atoms with E-state index in [1.165, 1.54) is 5.56 Å². The van der Waals surface area contributed by atoms with E-state index in [-0.39, 0.29) is 5.91 Å². The van der Waals surface area contributed by atoms with E-state index in [0.717, 1.165) is 57.9 Å². The van der Waals surface area contributed by atoms with Gasteiger partial charge in [-0.15, -0.1) is 0 Å². The van der Waals surface area contributed by atoms with Crippen LogP contribution < -0.4 is 4.74 Å². The molecule has 0 spiro atoms. The van der Waals surface area contributed by atoms with Crippen molar-refractivity contribution in [3.63, 3.8) is 0 Å². The van der Waals surface area contributed by atoms with Gasteiger partial charge < -0.3 is 9.64 Å². The molecule has 21 heavy (non-hydrogen) atoms. The number of rotatable bonds is 6. The van der Waals surface area contributed by atoms with E-state index in [0.29, 0.717) is 0 Å². The molecule has 0 radical (unpaired) electrons. The Morgan fingerprint density at radius 2 is 1.90 bits per heavy atom. The summed E-state index contributed by atoms with van der Waals surface area (Å²) < 4.78 is 5.89. The average Bonchev–Trinajstić information content (AvgIpc) is 2.50. The van der Waals surface area contributed by atoms with Crippen LogP contribution in [0.15, 0.2) is 24.3 Å². The minimum absolute atomic E-state index is 0.179. The van der Waals surface area contributed by atoms with E-state index < -0.39 is 0 Å². The molecule has 0 unspecified atom stereocenters. The molecule has 2 rings (SSSR count). The van der Waals surface area contributed by atoms with Gasteiger partial charge in [0.2, 0.25) is 5.91 Å². The summed E-state index contributed by atoms with van der Waals surface area (Å²) in [5.41, 5.74) is 1.24. The zero-order valence-corrected chi connectivity index (χ0v) is 13.2. The number of nitrogens with zero attached hydrogens (tertiary/aromatic N) is 2. The van der Waals surface area contributed by atoms with Crippen LogP contribution in [0, 0.1) is 0 Å². The van der Waals surface area contributed by atoms with Crippen LogP contribution in [0.4, 0.5) is 0 Å². The van der Waals surface area contributed by atoms with Crippen molar-refractivity contribution >= 4 is 5.91 Å². The van der Waals surface area contributed by atoms with Gasteiger partial charge in [0.15, 0.2) is 0 Å². The van der Waals surface area contributed by atoms with Gasteiger partial charge in [0, 0.05) is 45.2 Å². The molecule has 0 saturated carbocycles. The van der Waals surface area contributed by atoms with Crippen LogP contribution in [0.5, 0.6) is 5.75 Å². The van der Waals surface area contributed by atoms with Gasteiger partial charge in [0.05, 0.1) is 6.61 Å². The Balaban J connectivity index is 1.89. The molecule has 116 valence electrons. The first-order chi connectivity index (χ1) is 10.2. The molecule has 0 aromatic heterocycles. The summed E-state index contributed by atoms with van der Waals surface area (Å²) in [6, 6.07) is 8.28. The Kier molecular flexibility index (Phi) is 6.05. The third kappa shape index (κ3) is 4.74. The first kappa shape index (κ1) is 15.8. The molecule has 4 nitrogen and oxygen atoms in total. The lowest BCUT2D eigenvalue weighted by atomic mass is 10.1. The number of amides is 1. The fourth-order valence-electron chi connectivity index (χ4n) is 2.56. The largest absolute Gasteiger partial charge is 0.493 e. The van der Waals surface area contributed by atoms with Gasteiger partial charge in [-0.1, -0.05) is 31.5 Å². The highest BCUT2D eigenvalue weighted by molar-refractivity contribution is 5.73. The van der Waals surface area contributed by atoms with Crippen LogP contribution in [0.2, 0.25) is 0 Å². The predicted molar refractivity (Wildman–Crippen MR) is 84.4 cm³/mol. The number of hydrogen-bond acceptors (Lipinski definition) is 3. The molecule has 1 saturated heterocycles. The number of carbonyl (C=O) groups excluding carboxylic acids is 1. The topological polar surface area (TPSA) is 32.8 Å². The minimum Gasteiger partial charge on any atom is -0.493 e. The maximum absolute atomic E-state index is 11.4. The van der Waals surface area contributed by atoms with Crippen molar-refractivity contribution in [2.24, 2.45) is 0 Å². The highest BCUT2D eigenvalue weighted by Crippen LogP contribution is 2.21. The second-order valence-electron chi connectivity index (χ2n) is 5.59. The Labute approximate surface area is 127 Å². The van der Waals surface area contributed by atoms with Crippen molar-refractivity contribution in [1.29, 1.82) is 0 Å². The lowest BCUT2D eigenvalue weighted by Crippen LogP contribution is -2.47. The third-order valence-electron chi connectivity index (χ3n) is 3.94. The molecule has 4 heteroatoms. The number of carbonyl (C=O) groups is 1. The Hall–Kier alpha value is -1.55. The first-order valence-electron chi connectivity index (χ1n) is 7.89. The maximum atomic E-state index is 11.4. The molecule has 1 fully saturated rings. The average molecular weight is 290 g/mol. The SMILES string of the molecule is CCCCOc1ccccc1CN1CCN(C(C)=O)CC1. The summed E-state index contributed by atoms with van der Waals surface area (Å²) >= 11 is 0. The number of ether oxygens (including phenoxy) is 1. The van der Waals surface area contributed by atoms with Crippen LogP contribution in [0.3, 0.4) is 0 Å². The Bertz CT molecular complexity index is 454. The summed E-state index contributed by atoms with van der Waals surface area (Å²) in [5.74, 6) is 1.18. The second-order valence-corrected chi connectivity index (χ2v) is 5.59. The van der Waals surface area contributed by atoms with Gasteiger partial charge in [-0.25, -0.2) is 0 Å². The number of piperazine rings is 1. The molecule has 0 bridgehead atoms. The highest BCUT2D eigenvalue weighted by Gasteiger charge is 2.19. The van der Waals surface area contributed by atoms with E-state index in [9.17, 15) is 4.79 Å². The van der Waals surface area contributed by atoms with Crippen LogP contribution in [0.1, 0.15) is 32.3 Å². The quantitative estimate of drug-likeness (QED) is 0.755. The number of para-hydroxylation sites is 1. The zero-order valence-electron chi connectivity index (χ0n) is 13.2. The van der Waals surface area contributed by atoms with Gasteiger partial charge in [-0.3, -0.25) is 9.69 Å². The van der Waals surface area contributed by atoms with Crippen molar-refractivity contribution in [1.82, 2.24) is 9.80 Å². The summed E-state index contributed by atoms with van der Waals surface area (Å²) in [6.07, 6.45) is 2.24. The van der Waals surface area contributed by atoms with Crippen molar-refractivity contribution < 1.29 is 9.53 Å². The van der Waals surface area contributed by atoms with E-state index in [1.54, 1.807) is 6.92 Å². The normalized spacial score (nSPS) is 16.0. The lowest BCUT2D eigenvalue weighted by molar-refractivity contribution is -0.130. The van der Waals surface area contributed by atoms with Gasteiger partial charge >= 0.3 is 0 Å². The summed E-state index contributed by atoms with van der Waals surface area (Å²) in [7, 11) is 0. The number of benzene rings is 1. The fraction of sp³-hybridized carbons (Fsp3) is 0.588. The molecular formula is C17H26N2O2. The molecule has 1 aliphatic heterocycles. The van der Waals surface area contributed by atoms with E-state index >= 15 is 0 Å². The Morgan fingerprint density at radius 3 is 2.57 bits per heavy atom. The molecule has 1 aliphatic rings. The molecule has 0 atom stereocenters. The minimum atomic E-state index is 0.179. The van der Waals surface area contributed by atoms with Crippen molar-refractivity contribution in [3.05, 3.63) is 29.8 Å². The van der Waals surface area contributed by atoms with Crippen LogP contribution in [0.25, 0.3) is 0 Å². The lowest BCUT2D eigenvalue weighted by Gasteiger charge is -2.34. The van der Waals surface area contributed by atoms with Crippen molar-refractivity contribution in [3.8, 4) is 5.75 Å². The predicted octanol–water partition coefficient (Wildman–Crippen LogP) is 2.53. The molecular weight excluding hydrogens is 264 g/mol. The smallest absolute Gasteiger partial charge is 0.219 e. The van der Waals surface area contributed by atoms with Gasteiger partial charge in [0.25, 0.3) is 0 Å². The molecule has 1 aromatic rings. The monoisotopic (exact) mass is 290 g/mol. The van der Waals surface area contributed by atoms with Gasteiger partial charge in [-0.05, 0) is 12.5 Å². The van der Waals surface area contributed by atoms with E-state index in [2.05, 4.69) is 30.0 Å². The molecule has 1 amide bonds. The van der Waals surface area contributed by atoms with Crippen LogP contribution >= 0.6 is 0 Å². The summed E-state index contributed by atoms with van der Waals surface area (Å²) in [6.45, 7) is 9.02. The first-order valence-corrected chi connectivity index (χ1v) is 7.89. The molecule has 0 N–H and O–H groups in total. The molecule has 0 aliphatic carbocycles. The van der Waals surface area contributed by atoms with E-state index in [1.807, 2.05) is 11.0 Å². The van der Waals surface area contributed by atoms with Crippen LogP contribution in [-0.4, -0.2) is 48.5 Å². The van der Waals surface area contributed by atoms with Crippen LogP contribution in [-0.2, 0) is 11.3 Å². The van der Waals surface area contributed by atoms with Crippen molar-refractivity contribution in [2.75, 3.05) is 32.8 Å². The molecule has 1 aromatic carbocycles. The summed E-state index contributed by atoms with van der Waals surface area (Å²) in [4.78, 5) is 15.7. The van der Waals surface area contributed by atoms with Gasteiger partial charge in [-0.2, -0.15) is 0 Å². The second kappa shape index (κ2) is 8.03. The standard InChI is InChI=1S/C17H26N2O2/c1-3-4-13-21-17-8-6-5-7-16(17)14-18-9-11-19(12-10-18)15(2)20/h5-8H,3-4,9-14H2,1-2H3. The van der Waals surface area contributed by atoms with Gasteiger partial charge in [0.1, 0.15) is 5.75 Å². The molecule has 1 heterocycles. The Morgan fingerprint density at radius 1 is 1.19 bits per heavy atom. The third-order valence-corrected chi connectivity index (χ3v) is 3.94. The van der Waals surface area contributed by atoms with E-state index in [4.69, 9.17) is 4.74 Å². The summed E-state index contributed by atoms with van der Waals surface area (Å²) in [5, 5.41) is 0. The maximum Gasteiger partial charge on any atom is 0.219 e. The van der Waals surface area contributed by atoms with Crippen molar-refractivity contribution in [2.45, 2.75) is 33.2 Å².